The Morgan fingerprint density at radius 2 is 1.61 bits per heavy atom. The lowest BCUT2D eigenvalue weighted by atomic mass is 9.97. The second-order valence-corrected chi connectivity index (χ2v) is 4.12. The Balaban J connectivity index is 2.74. The van der Waals surface area contributed by atoms with Gasteiger partial charge in [-0.3, -0.25) is 0 Å². The van der Waals surface area contributed by atoms with E-state index in [2.05, 4.69) is 0 Å². The third kappa shape index (κ3) is 2.20. The molecule has 0 aliphatic heterocycles. The molecule has 0 heterocycles. The summed E-state index contributed by atoms with van der Waals surface area (Å²) in [6, 6.07) is 9.12. The van der Waals surface area contributed by atoms with Gasteiger partial charge in [0.05, 0.1) is 11.7 Å². The minimum Gasteiger partial charge on any atom is -0.377 e. The zero-order chi connectivity index (χ0) is 13.3. The number of fused-ring (bicyclic) bond motifs is 1. The van der Waals surface area contributed by atoms with E-state index in [-0.39, 0.29) is 11.5 Å². The molecule has 0 aliphatic carbocycles. The Kier molecular flexibility index (Phi) is 3.30. The Hall–Kier alpha value is -1.55. The summed E-state index contributed by atoms with van der Waals surface area (Å²) < 4.78 is 43.9. The smallest absolute Gasteiger partial charge is 0.377 e. The summed E-state index contributed by atoms with van der Waals surface area (Å²) in [5.74, 6) is 0. The average molecular weight is 254 g/mol. The minimum atomic E-state index is -4.34. The van der Waals surface area contributed by atoms with Crippen LogP contribution < -0.4 is 0 Å². The molecule has 0 aromatic heterocycles. The average Bonchev–Trinajstić information content (AvgIpc) is 2.35. The molecule has 0 saturated heterocycles. The summed E-state index contributed by atoms with van der Waals surface area (Å²) in [6.07, 6.45) is -4.58. The Morgan fingerprint density at radius 1 is 1.00 bits per heavy atom. The lowest BCUT2D eigenvalue weighted by Gasteiger charge is -2.16. The van der Waals surface area contributed by atoms with Gasteiger partial charge in [-0.2, -0.15) is 13.2 Å². The predicted octanol–water partition coefficient (Wildman–Crippen LogP) is 4.57. The van der Waals surface area contributed by atoms with Crippen LogP contribution in [0, 0.1) is 0 Å². The number of ether oxygens (including phenoxy) is 1. The van der Waals surface area contributed by atoms with E-state index in [0.717, 1.165) is 11.6 Å². The van der Waals surface area contributed by atoms with Crippen LogP contribution in [0.1, 0.15) is 24.2 Å². The topological polar surface area (TPSA) is 9.23 Å². The molecule has 1 unspecified atom stereocenters. The van der Waals surface area contributed by atoms with Crippen LogP contribution in [0.2, 0.25) is 0 Å². The fourth-order valence-electron chi connectivity index (χ4n) is 2.05. The van der Waals surface area contributed by atoms with E-state index >= 15 is 0 Å². The first-order chi connectivity index (χ1) is 8.45. The molecule has 1 atom stereocenters. The Bertz CT molecular complexity index is 560. The Labute approximate surface area is 103 Å². The van der Waals surface area contributed by atoms with Crippen molar-refractivity contribution in [2.24, 2.45) is 0 Å². The van der Waals surface area contributed by atoms with Gasteiger partial charge in [-0.1, -0.05) is 30.3 Å². The molecule has 0 spiro atoms. The number of hydrogen-bond donors (Lipinski definition) is 0. The molecular formula is C14H13F3O. The monoisotopic (exact) mass is 254 g/mol. The molecule has 2 aromatic rings. The van der Waals surface area contributed by atoms with Crippen LogP contribution in [-0.4, -0.2) is 7.11 Å². The fourth-order valence-corrected chi connectivity index (χ4v) is 2.05. The molecule has 4 heteroatoms. The van der Waals surface area contributed by atoms with Gasteiger partial charge in [0.1, 0.15) is 0 Å². The molecule has 18 heavy (non-hydrogen) atoms. The largest absolute Gasteiger partial charge is 0.417 e. The van der Waals surface area contributed by atoms with Gasteiger partial charge in [0, 0.05) is 7.11 Å². The van der Waals surface area contributed by atoms with E-state index in [4.69, 9.17) is 4.74 Å². The van der Waals surface area contributed by atoms with Crippen LogP contribution in [-0.2, 0) is 10.9 Å². The van der Waals surface area contributed by atoms with Crippen LogP contribution in [0.25, 0.3) is 10.8 Å². The van der Waals surface area contributed by atoms with Gasteiger partial charge in [-0.05, 0) is 29.3 Å². The van der Waals surface area contributed by atoms with Gasteiger partial charge >= 0.3 is 6.18 Å². The van der Waals surface area contributed by atoms with Gasteiger partial charge in [0.2, 0.25) is 0 Å². The lowest BCUT2D eigenvalue weighted by molar-refractivity contribution is -0.136. The number of hydrogen-bond acceptors (Lipinski definition) is 1. The molecule has 0 fully saturated rings. The number of methoxy groups -OCH3 is 1. The lowest BCUT2D eigenvalue weighted by Crippen LogP contribution is -2.07. The highest BCUT2D eigenvalue weighted by atomic mass is 19.4. The molecule has 0 radical (unpaired) electrons. The predicted molar refractivity (Wildman–Crippen MR) is 64.4 cm³/mol. The van der Waals surface area contributed by atoms with Crippen molar-refractivity contribution in [1.82, 2.24) is 0 Å². The summed E-state index contributed by atoms with van der Waals surface area (Å²) in [6.45, 7) is 1.81. The quantitative estimate of drug-likeness (QED) is 0.763. The van der Waals surface area contributed by atoms with Crippen LogP contribution in [0.4, 0.5) is 13.2 Å². The summed E-state index contributed by atoms with van der Waals surface area (Å²) in [5.41, 5.74) is 0.159. The molecule has 0 bridgehead atoms. The first-order valence-electron chi connectivity index (χ1n) is 5.56. The maximum atomic E-state index is 12.9. The highest BCUT2D eigenvalue weighted by Crippen LogP contribution is 2.37. The minimum absolute atomic E-state index is 0.214. The van der Waals surface area contributed by atoms with E-state index in [0.29, 0.717) is 5.39 Å². The van der Waals surface area contributed by atoms with Crippen molar-refractivity contribution in [1.29, 1.82) is 0 Å². The third-order valence-electron chi connectivity index (χ3n) is 3.05. The summed E-state index contributed by atoms with van der Waals surface area (Å²) in [5, 5.41) is 0.799. The van der Waals surface area contributed by atoms with Gasteiger partial charge in [0.15, 0.2) is 0 Å². The van der Waals surface area contributed by atoms with Crippen molar-refractivity contribution in [3.05, 3.63) is 47.5 Å². The van der Waals surface area contributed by atoms with Crippen molar-refractivity contribution >= 4 is 10.8 Å². The van der Waals surface area contributed by atoms with E-state index in [1.54, 1.807) is 18.2 Å². The molecule has 0 N–H and O–H groups in total. The van der Waals surface area contributed by atoms with Crippen LogP contribution >= 0.6 is 0 Å². The molecule has 2 rings (SSSR count). The number of rotatable bonds is 2. The van der Waals surface area contributed by atoms with Crippen LogP contribution in [0.15, 0.2) is 36.4 Å². The first-order valence-corrected chi connectivity index (χ1v) is 5.56. The van der Waals surface area contributed by atoms with Crippen LogP contribution in [0.5, 0.6) is 0 Å². The normalized spacial score (nSPS) is 13.8. The number of alkyl halides is 3. The van der Waals surface area contributed by atoms with Gasteiger partial charge in [-0.15, -0.1) is 0 Å². The molecule has 96 valence electrons. The van der Waals surface area contributed by atoms with Gasteiger partial charge in [-0.25, -0.2) is 0 Å². The molecule has 2 aromatic carbocycles. The van der Waals surface area contributed by atoms with Crippen molar-refractivity contribution in [3.63, 3.8) is 0 Å². The van der Waals surface area contributed by atoms with E-state index in [1.165, 1.54) is 19.2 Å². The van der Waals surface area contributed by atoms with Crippen molar-refractivity contribution < 1.29 is 17.9 Å². The fraction of sp³-hybridized carbons (Fsp3) is 0.286. The summed E-state index contributed by atoms with van der Waals surface area (Å²) in [7, 11) is 1.54. The standard InChI is InChI=1S/C14H13F3O/c1-9(18-2)10-7-8-13(14(15,16)17)12-6-4-3-5-11(10)12/h3-9H,1-2H3. The number of halogens is 3. The maximum Gasteiger partial charge on any atom is 0.417 e. The zero-order valence-electron chi connectivity index (χ0n) is 10.1. The van der Waals surface area contributed by atoms with Crippen LogP contribution in [0.3, 0.4) is 0 Å². The number of benzene rings is 2. The maximum absolute atomic E-state index is 12.9. The van der Waals surface area contributed by atoms with E-state index < -0.39 is 11.7 Å². The van der Waals surface area contributed by atoms with Crippen molar-refractivity contribution in [3.8, 4) is 0 Å². The second kappa shape index (κ2) is 4.61. The zero-order valence-corrected chi connectivity index (χ0v) is 10.1. The van der Waals surface area contributed by atoms with E-state index in [1.807, 2.05) is 6.92 Å². The highest BCUT2D eigenvalue weighted by molar-refractivity contribution is 5.89. The van der Waals surface area contributed by atoms with Gasteiger partial charge in [0.25, 0.3) is 0 Å². The summed E-state index contributed by atoms with van der Waals surface area (Å²) >= 11 is 0. The van der Waals surface area contributed by atoms with Crippen molar-refractivity contribution in [2.45, 2.75) is 19.2 Å². The van der Waals surface area contributed by atoms with E-state index in [9.17, 15) is 13.2 Å². The second-order valence-electron chi connectivity index (χ2n) is 4.12. The van der Waals surface area contributed by atoms with Gasteiger partial charge < -0.3 is 4.74 Å². The first kappa shape index (κ1) is 12.9. The molecule has 0 aliphatic rings. The summed E-state index contributed by atoms with van der Waals surface area (Å²) in [4.78, 5) is 0. The molecular weight excluding hydrogens is 241 g/mol. The third-order valence-corrected chi connectivity index (χ3v) is 3.05. The molecule has 0 saturated carbocycles. The molecule has 0 amide bonds. The molecule has 1 nitrogen and oxygen atoms in total. The highest BCUT2D eigenvalue weighted by Gasteiger charge is 2.32. The Morgan fingerprint density at radius 3 is 2.17 bits per heavy atom. The van der Waals surface area contributed by atoms with Crippen molar-refractivity contribution in [2.75, 3.05) is 7.11 Å². The SMILES string of the molecule is COC(C)c1ccc(C(F)(F)F)c2ccccc12.